The van der Waals surface area contributed by atoms with Gasteiger partial charge in [0.05, 0.1) is 7.11 Å². The van der Waals surface area contributed by atoms with Crippen molar-refractivity contribution in [3.63, 3.8) is 0 Å². The zero-order valence-corrected chi connectivity index (χ0v) is 12.9. The molecular formula is C18H21NO3. The molecule has 2 aromatic carbocycles. The fourth-order valence-corrected chi connectivity index (χ4v) is 2.20. The number of rotatable bonds is 6. The Bertz CT molecular complexity index is 622. The lowest BCUT2D eigenvalue weighted by molar-refractivity contribution is -0.142. The second kappa shape index (κ2) is 7.61. The molecule has 0 saturated carbocycles. The Kier molecular flexibility index (Phi) is 5.55. The molecule has 2 aromatic rings. The van der Waals surface area contributed by atoms with Crippen molar-refractivity contribution in [1.82, 2.24) is 0 Å². The van der Waals surface area contributed by atoms with Crippen LogP contribution in [0.25, 0.3) is 0 Å². The van der Waals surface area contributed by atoms with E-state index in [1.807, 2.05) is 42.5 Å². The number of carbonyl (C=O) groups excluding carboxylic acids is 1. The highest BCUT2D eigenvalue weighted by molar-refractivity contribution is 5.75. The molecule has 0 saturated heterocycles. The number of aryl methyl sites for hydroxylation is 1. The second-order valence-electron chi connectivity index (χ2n) is 5.04. The number of para-hydroxylation sites is 1. The van der Waals surface area contributed by atoms with Gasteiger partial charge in [-0.25, -0.2) is 0 Å². The van der Waals surface area contributed by atoms with Gasteiger partial charge in [0.25, 0.3) is 0 Å². The molecule has 0 aromatic heterocycles. The van der Waals surface area contributed by atoms with Crippen LogP contribution >= 0.6 is 0 Å². The van der Waals surface area contributed by atoms with E-state index in [1.54, 1.807) is 0 Å². The molecule has 1 atom stereocenters. The molecule has 2 N–H and O–H groups in total. The van der Waals surface area contributed by atoms with Gasteiger partial charge in [-0.15, -0.1) is 0 Å². The fraction of sp³-hybridized carbons (Fsp3) is 0.278. The number of methoxy groups -OCH3 is 1. The average molecular weight is 299 g/mol. The normalized spacial score (nSPS) is 11.8. The number of esters is 1. The molecule has 0 spiro atoms. The van der Waals surface area contributed by atoms with Gasteiger partial charge in [-0.3, -0.25) is 4.79 Å². The van der Waals surface area contributed by atoms with Crippen molar-refractivity contribution in [2.45, 2.75) is 25.8 Å². The predicted octanol–water partition coefficient (Wildman–Crippen LogP) is 3.08. The lowest BCUT2D eigenvalue weighted by Gasteiger charge is -2.12. The first-order valence-corrected chi connectivity index (χ1v) is 7.32. The number of benzene rings is 2. The molecule has 0 aliphatic carbocycles. The Morgan fingerprint density at radius 2 is 1.82 bits per heavy atom. The van der Waals surface area contributed by atoms with Crippen molar-refractivity contribution < 1.29 is 14.3 Å². The number of hydrogen-bond acceptors (Lipinski definition) is 4. The van der Waals surface area contributed by atoms with Crippen LogP contribution < -0.4 is 10.5 Å². The Balaban J connectivity index is 2.04. The zero-order chi connectivity index (χ0) is 15.9. The molecule has 0 radical (unpaired) electrons. The maximum atomic E-state index is 11.3. The van der Waals surface area contributed by atoms with E-state index in [4.69, 9.17) is 10.5 Å². The number of carbonyl (C=O) groups is 1. The second-order valence-corrected chi connectivity index (χ2v) is 5.04. The highest BCUT2D eigenvalue weighted by atomic mass is 16.5. The summed E-state index contributed by atoms with van der Waals surface area (Å²) in [6.07, 6.45) is 1.36. The van der Waals surface area contributed by atoms with Crippen molar-refractivity contribution in [3.05, 3.63) is 59.7 Å². The molecular weight excluding hydrogens is 278 g/mol. The summed E-state index contributed by atoms with van der Waals surface area (Å²) in [5, 5.41) is 0. The van der Waals surface area contributed by atoms with E-state index >= 15 is 0 Å². The van der Waals surface area contributed by atoms with Crippen molar-refractivity contribution >= 4 is 5.97 Å². The van der Waals surface area contributed by atoms with Gasteiger partial charge < -0.3 is 15.2 Å². The Morgan fingerprint density at radius 1 is 1.14 bits per heavy atom. The first-order chi connectivity index (χ1) is 10.6. The SMILES string of the molecule is CCc1ccccc1Oc1ccc(C[C@H](N)C(=O)OC)cc1. The summed E-state index contributed by atoms with van der Waals surface area (Å²) < 4.78 is 10.5. The van der Waals surface area contributed by atoms with Crippen LogP contribution in [0.3, 0.4) is 0 Å². The van der Waals surface area contributed by atoms with Crippen molar-refractivity contribution in [2.75, 3.05) is 7.11 Å². The number of hydrogen-bond donors (Lipinski definition) is 1. The molecule has 0 unspecified atom stereocenters. The van der Waals surface area contributed by atoms with Gasteiger partial charge in [-0.1, -0.05) is 37.3 Å². The molecule has 4 nitrogen and oxygen atoms in total. The van der Waals surface area contributed by atoms with E-state index in [-0.39, 0.29) is 0 Å². The van der Waals surface area contributed by atoms with Crippen molar-refractivity contribution in [3.8, 4) is 11.5 Å². The smallest absolute Gasteiger partial charge is 0.322 e. The summed E-state index contributed by atoms with van der Waals surface area (Å²) in [5.41, 5.74) is 7.89. The lowest BCUT2D eigenvalue weighted by Crippen LogP contribution is -2.33. The minimum atomic E-state index is -0.641. The molecule has 116 valence electrons. The third-order valence-corrected chi connectivity index (χ3v) is 3.46. The summed E-state index contributed by atoms with van der Waals surface area (Å²) in [6, 6.07) is 14.9. The van der Waals surface area contributed by atoms with Gasteiger partial charge in [0.1, 0.15) is 17.5 Å². The first kappa shape index (κ1) is 16.0. The summed E-state index contributed by atoms with van der Waals surface area (Å²) in [6.45, 7) is 2.10. The van der Waals surface area contributed by atoms with Gasteiger partial charge in [-0.05, 0) is 42.2 Å². The summed E-state index contributed by atoms with van der Waals surface area (Å²) in [4.78, 5) is 11.3. The monoisotopic (exact) mass is 299 g/mol. The Morgan fingerprint density at radius 3 is 2.45 bits per heavy atom. The van der Waals surface area contributed by atoms with Gasteiger partial charge in [-0.2, -0.15) is 0 Å². The highest BCUT2D eigenvalue weighted by Gasteiger charge is 2.14. The van der Waals surface area contributed by atoms with Crippen molar-refractivity contribution in [2.24, 2.45) is 5.73 Å². The van der Waals surface area contributed by atoms with E-state index in [2.05, 4.69) is 17.7 Å². The van der Waals surface area contributed by atoms with Crippen LogP contribution in [0.5, 0.6) is 11.5 Å². The molecule has 0 bridgehead atoms. The molecule has 2 rings (SSSR count). The molecule has 0 fully saturated rings. The minimum Gasteiger partial charge on any atom is -0.468 e. The zero-order valence-electron chi connectivity index (χ0n) is 12.9. The maximum absolute atomic E-state index is 11.3. The van der Waals surface area contributed by atoms with Gasteiger partial charge in [0.15, 0.2) is 0 Å². The molecule has 0 heterocycles. The standard InChI is InChI=1S/C18H21NO3/c1-3-14-6-4-5-7-17(14)22-15-10-8-13(9-11-15)12-16(19)18(20)21-2/h4-11,16H,3,12,19H2,1-2H3/t16-/m0/s1. The summed E-state index contributed by atoms with van der Waals surface area (Å²) >= 11 is 0. The number of nitrogens with two attached hydrogens (primary N) is 1. The van der Waals surface area contributed by atoms with Crippen LogP contribution in [-0.2, 0) is 22.4 Å². The van der Waals surface area contributed by atoms with E-state index in [1.165, 1.54) is 12.7 Å². The Hall–Kier alpha value is -2.33. The third-order valence-electron chi connectivity index (χ3n) is 3.46. The summed E-state index contributed by atoms with van der Waals surface area (Å²) in [7, 11) is 1.34. The van der Waals surface area contributed by atoms with Crippen LogP contribution in [-0.4, -0.2) is 19.1 Å². The van der Waals surface area contributed by atoms with Crippen LogP contribution in [0, 0.1) is 0 Å². The minimum absolute atomic E-state index is 0.405. The molecule has 22 heavy (non-hydrogen) atoms. The Labute approximate surface area is 130 Å². The molecule has 0 aliphatic heterocycles. The van der Waals surface area contributed by atoms with Crippen LogP contribution in [0.2, 0.25) is 0 Å². The fourth-order valence-electron chi connectivity index (χ4n) is 2.20. The van der Waals surface area contributed by atoms with Gasteiger partial charge in [0, 0.05) is 0 Å². The average Bonchev–Trinajstić information content (AvgIpc) is 2.56. The first-order valence-electron chi connectivity index (χ1n) is 7.32. The van der Waals surface area contributed by atoms with Crippen molar-refractivity contribution in [1.29, 1.82) is 0 Å². The highest BCUT2D eigenvalue weighted by Crippen LogP contribution is 2.25. The van der Waals surface area contributed by atoms with E-state index < -0.39 is 12.0 Å². The maximum Gasteiger partial charge on any atom is 0.322 e. The number of ether oxygens (including phenoxy) is 2. The predicted molar refractivity (Wildman–Crippen MR) is 86.0 cm³/mol. The quantitative estimate of drug-likeness (QED) is 0.833. The summed E-state index contributed by atoms with van der Waals surface area (Å²) in [5.74, 6) is 1.22. The molecule has 0 aliphatic rings. The van der Waals surface area contributed by atoms with Gasteiger partial charge >= 0.3 is 5.97 Å². The van der Waals surface area contributed by atoms with Gasteiger partial charge in [0.2, 0.25) is 0 Å². The van der Waals surface area contributed by atoms with Crippen LogP contribution in [0.15, 0.2) is 48.5 Å². The topological polar surface area (TPSA) is 61.5 Å². The van der Waals surface area contributed by atoms with E-state index in [0.29, 0.717) is 6.42 Å². The molecule has 0 amide bonds. The van der Waals surface area contributed by atoms with Crippen LogP contribution in [0.1, 0.15) is 18.1 Å². The van der Waals surface area contributed by atoms with Crippen LogP contribution in [0.4, 0.5) is 0 Å². The van der Waals surface area contributed by atoms with E-state index in [0.717, 1.165) is 23.5 Å². The van der Waals surface area contributed by atoms with E-state index in [9.17, 15) is 4.79 Å². The molecule has 4 heteroatoms. The lowest BCUT2D eigenvalue weighted by atomic mass is 10.1. The third kappa shape index (κ3) is 4.09. The largest absolute Gasteiger partial charge is 0.468 e.